The van der Waals surface area contributed by atoms with E-state index in [1.807, 2.05) is 19.2 Å². The Morgan fingerprint density at radius 2 is 1.22 bits per heavy atom. The Morgan fingerprint density at radius 3 is 1.70 bits per heavy atom. The van der Waals surface area contributed by atoms with E-state index in [-0.39, 0.29) is 18.1 Å². The molecule has 3 amide bonds. The minimum absolute atomic E-state index is 0.0414. The number of nitrogens with one attached hydrogen (secondary N) is 3. The number of phenols is 1. The molecule has 14 nitrogen and oxygen atoms in total. The van der Waals surface area contributed by atoms with Gasteiger partial charge in [-0.2, -0.15) is 0 Å². The number of hydrogen-bond acceptors (Lipinski definition) is 8. The fourth-order valence-corrected chi connectivity index (χ4v) is 3.27. The zero-order chi connectivity index (χ0) is 28.3. The van der Waals surface area contributed by atoms with Crippen molar-refractivity contribution in [3.05, 3.63) is 29.8 Å². The highest BCUT2D eigenvalue weighted by molar-refractivity contribution is 5.96. The molecular weight excluding hydrogens is 492 g/mol. The smallest absolute Gasteiger partial charge is 0.326 e. The van der Waals surface area contributed by atoms with Gasteiger partial charge < -0.3 is 42.1 Å². The molecule has 9 N–H and O–H groups in total. The van der Waals surface area contributed by atoms with Crippen molar-refractivity contribution in [1.82, 2.24) is 16.0 Å². The highest BCUT2D eigenvalue weighted by Gasteiger charge is 2.32. The van der Waals surface area contributed by atoms with Gasteiger partial charge in [0.25, 0.3) is 0 Å². The minimum atomic E-state index is -1.88. The maximum atomic E-state index is 13.1. The first-order valence-electron chi connectivity index (χ1n) is 11.3. The van der Waals surface area contributed by atoms with Gasteiger partial charge in [-0.25, -0.2) is 4.79 Å². The van der Waals surface area contributed by atoms with E-state index in [9.17, 15) is 39.0 Å². The van der Waals surface area contributed by atoms with Gasteiger partial charge in [0.05, 0.1) is 18.9 Å². The Kier molecular flexibility index (Phi) is 12.0. The van der Waals surface area contributed by atoms with Crippen LogP contribution in [0.15, 0.2) is 24.3 Å². The lowest BCUT2D eigenvalue weighted by molar-refractivity contribution is -0.148. The first-order chi connectivity index (χ1) is 17.2. The van der Waals surface area contributed by atoms with E-state index in [0.29, 0.717) is 12.0 Å². The van der Waals surface area contributed by atoms with Crippen LogP contribution in [-0.2, 0) is 35.2 Å². The number of rotatable bonds is 15. The van der Waals surface area contributed by atoms with Gasteiger partial charge in [-0.1, -0.05) is 26.0 Å². The van der Waals surface area contributed by atoms with Gasteiger partial charge >= 0.3 is 17.9 Å². The molecule has 0 saturated heterocycles. The number of aliphatic carboxylic acids is 3. The molecule has 0 aliphatic rings. The number of carboxylic acid groups (broad SMARTS) is 3. The number of carbonyl (C=O) groups is 6. The molecule has 4 atom stereocenters. The monoisotopic (exact) mass is 524 g/mol. The molecule has 37 heavy (non-hydrogen) atoms. The van der Waals surface area contributed by atoms with Gasteiger partial charge in [0.2, 0.25) is 17.7 Å². The van der Waals surface area contributed by atoms with Crippen LogP contribution in [0.3, 0.4) is 0 Å². The van der Waals surface area contributed by atoms with Crippen LogP contribution in [0.1, 0.15) is 38.7 Å². The summed E-state index contributed by atoms with van der Waals surface area (Å²) < 4.78 is 0. The first kappa shape index (κ1) is 30.8. The molecule has 0 heterocycles. The van der Waals surface area contributed by atoms with E-state index in [1.165, 1.54) is 24.3 Å². The molecule has 0 aliphatic heterocycles. The molecule has 0 spiro atoms. The fraction of sp³-hybridized carbons (Fsp3) is 0.478. The third-order valence-electron chi connectivity index (χ3n) is 5.08. The summed E-state index contributed by atoms with van der Waals surface area (Å²) in [6, 6.07) is -0.267. The summed E-state index contributed by atoms with van der Waals surface area (Å²) in [5.74, 6) is -7.56. The highest BCUT2D eigenvalue weighted by atomic mass is 16.4. The van der Waals surface area contributed by atoms with Crippen molar-refractivity contribution in [2.24, 2.45) is 11.7 Å². The normalized spacial score (nSPS) is 14.1. The van der Waals surface area contributed by atoms with E-state index >= 15 is 0 Å². The topological polar surface area (TPSA) is 245 Å². The molecule has 1 aromatic carbocycles. The largest absolute Gasteiger partial charge is 0.508 e. The average molecular weight is 525 g/mol. The van der Waals surface area contributed by atoms with Gasteiger partial charge in [-0.05, 0) is 30.0 Å². The van der Waals surface area contributed by atoms with Gasteiger partial charge in [0, 0.05) is 6.42 Å². The van der Waals surface area contributed by atoms with Crippen LogP contribution in [0.5, 0.6) is 5.75 Å². The van der Waals surface area contributed by atoms with Crippen molar-refractivity contribution < 1.29 is 49.2 Å². The molecule has 0 bridgehead atoms. The van der Waals surface area contributed by atoms with Crippen LogP contribution in [0.2, 0.25) is 0 Å². The predicted octanol–water partition coefficient (Wildman–Crippen LogP) is -1.20. The van der Waals surface area contributed by atoms with E-state index in [1.54, 1.807) is 0 Å². The molecule has 14 heteroatoms. The molecule has 0 saturated carbocycles. The van der Waals surface area contributed by atoms with Gasteiger partial charge in [-0.3, -0.25) is 24.0 Å². The first-order valence-corrected chi connectivity index (χ1v) is 11.3. The molecule has 204 valence electrons. The number of benzene rings is 1. The maximum absolute atomic E-state index is 13.1. The second-order valence-electron chi connectivity index (χ2n) is 8.82. The number of aromatic hydroxyl groups is 1. The third-order valence-corrected chi connectivity index (χ3v) is 5.08. The summed E-state index contributed by atoms with van der Waals surface area (Å²) in [6.07, 6.45) is -1.75. The van der Waals surface area contributed by atoms with E-state index < -0.39 is 72.6 Å². The summed E-state index contributed by atoms with van der Waals surface area (Å²) in [5, 5.41) is 43.2. The van der Waals surface area contributed by atoms with Crippen LogP contribution < -0.4 is 21.7 Å². The average Bonchev–Trinajstić information content (AvgIpc) is 2.77. The standard InChI is InChI=1S/C23H32N4O10/c1-11(2)7-14(24)20(33)25-15(8-12-3-5-13(28)6-4-12)21(34)26-16(9-18(29)30)22(35)27-17(23(36)37)10-19(31)32/h3-6,11,14-17,28H,7-10,24H2,1-2H3,(H,25,33)(H,26,34)(H,27,35)(H,29,30)(H,31,32)(H,36,37). The second kappa shape index (κ2) is 14.4. The van der Waals surface area contributed by atoms with E-state index in [2.05, 4.69) is 10.6 Å². The van der Waals surface area contributed by atoms with Crippen molar-refractivity contribution in [2.75, 3.05) is 0 Å². The molecule has 1 rings (SSSR count). The lowest BCUT2D eigenvalue weighted by Crippen LogP contribution is -2.58. The van der Waals surface area contributed by atoms with Crippen LogP contribution in [0.25, 0.3) is 0 Å². The molecule has 1 aromatic rings. The van der Waals surface area contributed by atoms with Gasteiger partial charge in [0.15, 0.2) is 0 Å². The van der Waals surface area contributed by atoms with Crippen molar-refractivity contribution in [3.63, 3.8) is 0 Å². The van der Waals surface area contributed by atoms with Crippen LogP contribution in [-0.4, -0.2) is 80.2 Å². The summed E-state index contributed by atoms with van der Waals surface area (Å²) >= 11 is 0. The Labute approximate surface area is 212 Å². The summed E-state index contributed by atoms with van der Waals surface area (Å²) in [6.45, 7) is 3.69. The van der Waals surface area contributed by atoms with Crippen LogP contribution >= 0.6 is 0 Å². The van der Waals surface area contributed by atoms with Gasteiger partial charge in [-0.15, -0.1) is 0 Å². The zero-order valence-corrected chi connectivity index (χ0v) is 20.3. The van der Waals surface area contributed by atoms with E-state index in [4.69, 9.17) is 15.9 Å². The zero-order valence-electron chi connectivity index (χ0n) is 20.3. The molecule has 0 fully saturated rings. The van der Waals surface area contributed by atoms with Crippen molar-refractivity contribution in [1.29, 1.82) is 0 Å². The second-order valence-corrected chi connectivity index (χ2v) is 8.82. The highest BCUT2D eigenvalue weighted by Crippen LogP contribution is 2.12. The Balaban J connectivity index is 3.16. The molecule has 0 aromatic heterocycles. The molecule has 0 aliphatic carbocycles. The molecular formula is C23H32N4O10. The van der Waals surface area contributed by atoms with Crippen molar-refractivity contribution in [2.45, 2.75) is 63.7 Å². The van der Waals surface area contributed by atoms with E-state index in [0.717, 1.165) is 0 Å². The predicted molar refractivity (Wildman–Crippen MR) is 127 cm³/mol. The number of nitrogens with two attached hydrogens (primary N) is 1. The quantitative estimate of drug-likeness (QED) is 0.135. The van der Waals surface area contributed by atoms with Crippen molar-refractivity contribution in [3.8, 4) is 5.75 Å². The summed E-state index contributed by atoms with van der Waals surface area (Å²) in [4.78, 5) is 71.8. The number of hydrogen-bond donors (Lipinski definition) is 8. The third kappa shape index (κ3) is 11.4. The number of carboxylic acids is 3. The molecule has 0 radical (unpaired) electrons. The number of carbonyl (C=O) groups excluding carboxylic acids is 3. The molecule has 4 unspecified atom stereocenters. The Hall–Kier alpha value is -4.20. The minimum Gasteiger partial charge on any atom is -0.508 e. The SMILES string of the molecule is CC(C)CC(N)C(=O)NC(Cc1ccc(O)cc1)C(=O)NC(CC(=O)O)C(=O)NC(CC(=O)O)C(=O)O. The fourth-order valence-electron chi connectivity index (χ4n) is 3.27. The summed E-state index contributed by atoms with van der Waals surface area (Å²) in [5.41, 5.74) is 6.40. The number of phenolic OH excluding ortho intramolecular Hbond substituents is 1. The van der Waals surface area contributed by atoms with Crippen LogP contribution in [0.4, 0.5) is 0 Å². The van der Waals surface area contributed by atoms with Gasteiger partial charge in [0.1, 0.15) is 23.9 Å². The van der Waals surface area contributed by atoms with Crippen LogP contribution in [0, 0.1) is 5.92 Å². The summed E-state index contributed by atoms with van der Waals surface area (Å²) in [7, 11) is 0. The Bertz CT molecular complexity index is 996. The van der Waals surface area contributed by atoms with Crippen molar-refractivity contribution >= 4 is 35.6 Å². The number of amides is 3. The lowest BCUT2D eigenvalue weighted by Gasteiger charge is -2.25. The lowest BCUT2D eigenvalue weighted by atomic mass is 10.0. The Morgan fingerprint density at radius 1 is 0.757 bits per heavy atom. The maximum Gasteiger partial charge on any atom is 0.326 e.